The molecule has 0 spiro atoms. The molecular formula is C25H31Cl2NS. The van der Waals surface area contributed by atoms with E-state index in [1.54, 1.807) is 5.57 Å². The van der Waals surface area contributed by atoms with Crippen molar-refractivity contribution in [3.8, 4) is 0 Å². The van der Waals surface area contributed by atoms with Crippen LogP contribution in [0.4, 0.5) is 0 Å². The number of fused-ring (bicyclic) bond motifs is 1. The van der Waals surface area contributed by atoms with Crippen molar-refractivity contribution in [2.45, 2.75) is 56.9 Å². The van der Waals surface area contributed by atoms with E-state index in [0.717, 1.165) is 28.9 Å². The second-order valence-corrected chi connectivity index (χ2v) is 9.57. The minimum atomic E-state index is 0.310. The fourth-order valence-corrected chi connectivity index (χ4v) is 5.74. The minimum Gasteiger partial charge on any atom is -0.301 e. The van der Waals surface area contributed by atoms with E-state index in [4.69, 9.17) is 23.2 Å². The number of hydrogen-bond donors (Lipinski definition) is 0. The molecule has 4 heteroatoms. The monoisotopic (exact) mass is 447 g/mol. The van der Waals surface area contributed by atoms with Crippen molar-refractivity contribution in [2.75, 3.05) is 19.3 Å². The van der Waals surface area contributed by atoms with E-state index in [0.29, 0.717) is 5.92 Å². The predicted octanol–water partition coefficient (Wildman–Crippen LogP) is 8.19. The number of nitrogens with zero attached hydrogens (tertiary/aromatic N) is 1. The quantitative estimate of drug-likeness (QED) is 0.343. The standard InChI is InChI=1S/C23H25Cl2NS.C2H6/c1-26-13-21(20-11-18(24)12-23(25)22(20)14-26)17-8-5-9-19(10-17)27-15-16-6-3-2-4-7-16;1-2/h5-6,8-12,21H,2-4,7,13-15H2,1H3;1-2H3. The highest BCUT2D eigenvalue weighted by Gasteiger charge is 2.27. The zero-order valence-electron chi connectivity index (χ0n) is 17.7. The average molecular weight is 449 g/mol. The van der Waals surface area contributed by atoms with Crippen LogP contribution >= 0.6 is 35.0 Å². The molecular weight excluding hydrogens is 417 g/mol. The maximum Gasteiger partial charge on any atom is 0.0468 e. The minimum absolute atomic E-state index is 0.310. The van der Waals surface area contributed by atoms with Crippen molar-refractivity contribution in [3.05, 3.63) is 74.8 Å². The summed E-state index contributed by atoms with van der Waals surface area (Å²) in [5.74, 6) is 1.42. The molecule has 2 aliphatic rings. The van der Waals surface area contributed by atoms with Crippen LogP contribution in [-0.4, -0.2) is 24.2 Å². The first-order chi connectivity index (χ1) is 14.1. The molecule has 2 aromatic rings. The molecule has 0 saturated carbocycles. The molecule has 2 aromatic carbocycles. The number of hydrogen-bond acceptors (Lipinski definition) is 2. The predicted molar refractivity (Wildman–Crippen MR) is 130 cm³/mol. The van der Waals surface area contributed by atoms with Gasteiger partial charge in [-0.05, 0) is 73.7 Å². The largest absolute Gasteiger partial charge is 0.301 e. The van der Waals surface area contributed by atoms with Gasteiger partial charge in [-0.15, -0.1) is 11.8 Å². The molecule has 0 radical (unpaired) electrons. The first-order valence-electron chi connectivity index (χ1n) is 10.7. The van der Waals surface area contributed by atoms with E-state index in [2.05, 4.69) is 48.4 Å². The molecule has 0 aromatic heterocycles. The number of allylic oxidation sites excluding steroid dienone is 1. The molecule has 1 unspecified atom stereocenters. The van der Waals surface area contributed by atoms with Gasteiger partial charge in [0.25, 0.3) is 0 Å². The molecule has 0 bridgehead atoms. The van der Waals surface area contributed by atoms with Gasteiger partial charge in [0.1, 0.15) is 0 Å². The first-order valence-corrected chi connectivity index (χ1v) is 12.4. The zero-order chi connectivity index (χ0) is 20.8. The van der Waals surface area contributed by atoms with Crippen LogP contribution < -0.4 is 0 Å². The van der Waals surface area contributed by atoms with Crippen molar-refractivity contribution < 1.29 is 0 Å². The lowest BCUT2D eigenvalue weighted by Crippen LogP contribution is -2.31. The molecule has 1 aliphatic heterocycles. The highest BCUT2D eigenvalue weighted by atomic mass is 35.5. The van der Waals surface area contributed by atoms with Gasteiger partial charge in [-0.1, -0.05) is 60.8 Å². The number of likely N-dealkylation sites (N-methyl/N-ethyl adjacent to an activating group) is 1. The van der Waals surface area contributed by atoms with E-state index in [9.17, 15) is 0 Å². The Labute approximate surface area is 190 Å². The van der Waals surface area contributed by atoms with Crippen LogP contribution in [0.2, 0.25) is 10.0 Å². The summed E-state index contributed by atoms with van der Waals surface area (Å²) in [7, 11) is 2.16. The van der Waals surface area contributed by atoms with Crippen molar-refractivity contribution in [2.24, 2.45) is 0 Å². The van der Waals surface area contributed by atoms with Gasteiger partial charge < -0.3 is 4.90 Å². The van der Waals surface area contributed by atoms with Gasteiger partial charge in [0.05, 0.1) is 0 Å². The maximum atomic E-state index is 6.51. The Morgan fingerprint density at radius 1 is 1.10 bits per heavy atom. The van der Waals surface area contributed by atoms with Crippen LogP contribution in [0.3, 0.4) is 0 Å². The molecule has 0 fully saturated rings. The SMILES string of the molecule is CC.CN1Cc2c(Cl)cc(Cl)cc2C(c2cccc(SCC3=CCCCC3)c2)C1. The summed E-state index contributed by atoms with van der Waals surface area (Å²) in [6.07, 6.45) is 7.66. The molecule has 1 atom stereocenters. The van der Waals surface area contributed by atoms with Crippen LogP contribution in [0.1, 0.15) is 62.1 Å². The Morgan fingerprint density at radius 2 is 1.93 bits per heavy atom. The third-order valence-corrected chi connectivity index (χ3v) is 7.22. The molecule has 1 nitrogen and oxygen atoms in total. The fraction of sp³-hybridized carbons (Fsp3) is 0.440. The van der Waals surface area contributed by atoms with Gasteiger partial charge in [0.2, 0.25) is 0 Å². The Morgan fingerprint density at radius 3 is 2.69 bits per heavy atom. The van der Waals surface area contributed by atoms with Gasteiger partial charge in [-0.25, -0.2) is 0 Å². The van der Waals surface area contributed by atoms with E-state index >= 15 is 0 Å². The molecule has 29 heavy (non-hydrogen) atoms. The fourth-order valence-electron chi connectivity index (χ4n) is 4.16. The summed E-state index contributed by atoms with van der Waals surface area (Å²) < 4.78 is 0. The number of benzene rings is 2. The van der Waals surface area contributed by atoms with Crippen molar-refractivity contribution in [1.29, 1.82) is 0 Å². The van der Waals surface area contributed by atoms with Gasteiger partial charge in [0.15, 0.2) is 0 Å². The number of rotatable bonds is 4. The van der Waals surface area contributed by atoms with Crippen LogP contribution in [0.25, 0.3) is 0 Å². The highest BCUT2D eigenvalue weighted by molar-refractivity contribution is 7.99. The van der Waals surface area contributed by atoms with E-state index in [1.807, 2.05) is 31.7 Å². The maximum absolute atomic E-state index is 6.51. The summed E-state index contributed by atoms with van der Waals surface area (Å²) in [5.41, 5.74) is 5.45. The number of thioether (sulfide) groups is 1. The van der Waals surface area contributed by atoms with Crippen LogP contribution in [0.5, 0.6) is 0 Å². The van der Waals surface area contributed by atoms with Crippen molar-refractivity contribution in [1.82, 2.24) is 4.90 Å². The summed E-state index contributed by atoms with van der Waals surface area (Å²) in [4.78, 5) is 3.70. The molecule has 0 N–H and O–H groups in total. The normalized spacial score (nSPS) is 19.1. The van der Waals surface area contributed by atoms with Crippen molar-refractivity contribution in [3.63, 3.8) is 0 Å². The second kappa shape index (κ2) is 10.9. The molecule has 1 heterocycles. The zero-order valence-corrected chi connectivity index (χ0v) is 20.0. The summed E-state index contributed by atoms with van der Waals surface area (Å²) >= 11 is 14.8. The van der Waals surface area contributed by atoms with E-state index < -0.39 is 0 Å². The summed E-state index contributed by atoms with van der Waals surface area (Å²) in [6.45, 7) is 5.87. The lowest BCUT2D eigenvalue weighted by atomic mass is 9.85. The van der Waals surface area contributed by atoms with Crippen molar-refractivity contribution >= 4 is 35.0 Å². The molecule has 1 aliphatic carbocycles. The Hall–Kier alpha value is -0.930. The smallest absolute Gasteiger partial charge is 0.0468 e. The lowest BCUT2D eigenvalue weighted by molar-refractivity contribution is 0.295. The number of halogens is 2. The Bertz CT molecular complexity index is 862. The van der Waals surface area contributed by atoms with Crippen LogP contribution in [0.15, 0.2) is 52.9 Å². The Kier molecular flexibility index (Phi) is 8.56. The topological polar surface area (TPSA) is 3.24 Å². The lowest BCUT2D eigenvalue weighted by Gasteiger charge is -2.33. The van der Waals surface area contributed by atoms with Gasteiger partial charge in [0, 0.05) is 39.7 Å². The van der Waals surface area contributed by atoms with Gasteiger partial charge in [-0.2, -0.15) is 0 Å². The van der Waals surface area contributed by atoms with Crippen LogP contribution in [-0.2, 0) is 6.54 Å². The third-order valence-electron chi connectivity index (χ3n) is 5.56. The Balaban J connectivity index is 0.00000117. The third kappa shape index (κ3) is 5.82. The van der Waals surface area contributed by atoms with Crippen LogP contribution in [0, 0.1) is 0 Å². The summed E-state index contributed by atoms with van der Waals surface area (Å²) in [6, 6.07) is 13.0. The molecule has 4 rings (SSSR count). The molecule has 156 valence electrons. The molecule has 0 amide bonds. The van der Waals surface area contributed by atoms with Gasteiger partial charge >= 0.3 is 0 Å². The summed E-state index contributed by atoms with van der Waals surface area (Å²) in [5, 5.41) is 1.51. The second-order valence-electron chi connectivity index (χ2n) is 7.67. The van der Waals surface area contributed by atoms with E-state index in [-0.39, 0.29) is 0 Å². The average Bonchev–Trinajstić information content (AvgIpc) is 2.75. The highest BCUT2D eigenvalue weighted by Crippen LogP contribution is 2.39. The van der Waals surface area contributed by atoms with E-state index in [1.165, 1.54) is 47.3 Å². The molecule has 0 saturated heterocycles. The first kappa shape index (κ1) is 22.7. The van der Waals surface area contributed by atoms with Gasteiger partial charge in [-0.3, -0.25) is 0 Å².